The molecule has 0 aliphatic rings. The van der Waals surface area contributed by atoms with E-state index in [9.17, 15) is 4.79 Å². The summed E-state index contributed by atoms with van der Waals surface area (Å²) in [4.78, 5) is 10.7. The summed E-state index contributed by atoms with van der Waals surface area (Å²) in [5.41, 5.74) is 2.26. The standard InChI is InChI=1S/C12H17NO2/c1-3-15-9-12-6-4-11(5-7-12)8-13-10(2)14/h4-7H,3,8-9H2,1-2H3,(H,13,14). The van der Waals surface area contributed by atoms with E-state index in [1.54, 1.807) is 0 Å². The van der Waals surface area contributed by atoms with Gasteiger partial charge in [-0.15, -0.1) is 0 Å². The van der Waals surface area contributed by atoms with Crippen LogP contribution >= 0.6 is 0 Å². The fourth-order valence-electron chi connectivity index (χ4n) is 1.20. The zero-order valence-electron chi connectivity index (χ0n) is 9.25. The fraction of sp³-hybridized carbons (Fsp3) is 0.417. The maximum Gasteiger partial charge on any atom is 0.217 e. The van der Waals surface area contributed by atoms with Crippen LogP contribution in [0.4, 0.5) is 0 Å². The predicted octanol–water partition coefficient (Wildman–Crippen LogP) is 1.86. The zero-order chi connectivity index (χ0) is 11.1. The third-order valence-corrected chi connectivity index (χ3v) is 2.04. The Morgan fingerprint density at radius 2 is 1.87 bits per heavy atom. The van der Waals surface area contributed by atoms with Crippen molar-refractivity contribution in [3.63, 3.8) is 0 Å². The molecular formula is C12H17NO2. The van der Waals surface area contributed by atoms with Crippen molar-refractivity contribution >= 4 is 5.91 Å². The number of amides is 1. The number of hydrogen-bond acceptors (Lipinski definition) is 2. The second kappa shape index (κ2) is 6.19. The fourth-order valence-corrected chi connectivity index (χ4v) is 1.20. The molecule has 82 valence electrons. The molecule has 0 aliphatic heterocycles. The summed E-state index contributed by atoms with van der Waals surface area (Å²) in [5.74, 6) is -0.00612. The van der Waals surface area contributed by atoms with Crippen LogP contribution in [0.1, 0.15) is 25.0 Å². The number of nitrogens with one attached hydrogen (secondary N) is 1. The smallest absolute Gasteiger partial charge is 0.217 e. The van der Waals surface area contributed by atoms with E-state index in [0.717, 1.165) is 17.7 Å². The van der Waals surface area contributed by atoms with Crippen molar-refractivity contribution in [1.29, 1.82) is 0 Å². The molecule has 0 bridgehead atoms. The van der Waals surface area contributed by atoms with Gasteiger partial charge in [0, 0.05) is 20.1 Å². The predicted molar refractivity (Wildman–Crippen MR) is 59.3 cm³/mol. The van der Waals surface area contributed by atoms with Gasteiger partial charge < -0.3 is 10.1 Å². The van der Waals surface area contributed by atoms with E-state index in [1.807, 2.05) is 31.2 Å². The molecule has 1 N–H and O–H groups in total. The molecule has 0 aromatic heterocycles. The summed E-state index contributed by atoms with van der Waals surface area (Å²) in [6.45, 7) is 5.46. The Hall–Kier alpha value is -1.35. The van der Waals surface area contributed by atoms with Gasteiger partial charge in [-0.1, -0.05) is 24.3 Å². The van der Waals surface area contributed by atoms with E-state index in [0.29, 0.717) is 13.2 Å². The van der Waals surface area contributed by atoms with E-state index in [4.69, 9.17) is 4.74 Å². The average Bonchev–Trinajstić information content (AvgIpc) is 2.25. The molecule has 0 fully saturated rings. The highest BCUT2D eigenvalue weighted by Gasteiger charge is 1.96. The maximum atomic E-state index is 10.7. The molecule has 1 aromatic carbocycles. The Morgan fingerprint density at radius 1 is 1.27 bits per heavy atom. The third kappa shape index (κ3) is 4.61. The van der Waals surface area contributed by atoms with Gasteiger partial charge >= 0.3 is 0 Å². The molecule has 0 spiro atoms. The van der Waals surface area contributed by atoms with Crippen molar-refractivity contribution in [1.82, 2.24) is 5.32 Å². The molecule has 1 rings (SSSR count). The number of ether oxygens (including phenoxy) is 1. The Bertz CT molecular complexity index is 306. The lowest BCUT2D eigenvalue weighted by Crippen LogP contribution is -2.18. The number of rotatable bonds is 5. The van der Waals surface area contributed by atoms with Crippen molar-refractivity contribution in [2.75, 3.05) is 6.61 Å². The van der Waals surface area contributed by atoms with Gasteiger partial charge in [0.25, 0.3) is 0 Å². The van der Waals surface area contributed by atoms with Crippen molar-refractivity contribution in [3.8, 4) is 0 Å². The van der Waals surface area contributed by atoms with Crippen molar-refractivity contribution < 1.29 is 9.53 Å². The van der Waals surface area contributed by atoms with Gasteiger partial charge in [-0.3, -0.25) is 4.79 Å². The molecule has 0 unspecified atom stereocenters. The zero-order valence-corrected chi connectivity index (χ0v) is 9.25. The monoisotopic (exact) mass is 207 g/mol. The molecule has 3 nitrogen and oxygen atoms in total. The minimum absolute atomic E-state index is 0.00612. The molecule has 0 atom stereocenters. The van der Waals surface area contributed by atoms with Crippen LogP contribution in [0.25, 0.3) is 0 Å². The van der Waals surface area contributed by atoms with E-state index >= 15 is 0 Å². The molecule has 0 saturated heterocycles. The van der Waals surface area contributed by atoms with Crippen molar-refractivity contribution in [2.24, 2.45) is 0 Å². The second-order valence-electron chi connectivity index (χ2n) is 3.36. The highest BCUT2D eigenvalue weighted by molar-refractivity contribution is 5.72. The Balaban J connectivity index is 2.45. The number of carbonyl (C=O) groups excluding carboxylic acids is 1. The first-order valence-electron chi connectivity index (χ1n) is 5.12. The highest BCUT2D eigenvalue weighted by atomic mass is 16.5. The molecule has 1 aromatic rings. The summed E-state index contributed by atoms with van der Waals surface area (Å²) < 4.78 is 5.29. The SMILES string of the molecule is CCOCc1ccc(CNC(C)=O)cc1. The van der Waals surface area contributed by atoms with Gasteiger partial charge in [0.15, 0.2) is 0 Å². The summed E-state index contributed by atoms with van der Waals surface area (Å²) >= 11 is 0. The van der Waals surface area contributed by atoms with Crippen molar-refractivity contribution in [2.45, 2.75) is 27.0 Å². The van der Waals surface area contributed by atoms with Crippen LogP contribution in [0.15, 0.2) is 24.3 Å². The summed E-state index contributed by atoms with van der Waals surface area (Å²) in [5, 5.41) is 2.75. The summed E-state index contributed by atoms with van der Waals surface area (Å²) in [6.07, 6.45) is 0. The quantitative estimate of drug-likeness (QED) is 0.800. The minimum atomic E-state index is -0.00612. The Kier molecular flexibility index (Phi) is 4.84. The van der Waals surface area contributed by atoms with Gasteiger partial charge in [0.1, 0.15) is 0 Å². The molecular weight excluding hydrogens is 190 g/mol. The van der Waals surface area contributed by atoms with Crippen LogP contribution < -0.4 is 5.32 Å². The van der Waals surface area contributed by atoms with Crippen LogP contribution in [0.5, 0.6) is 0 Å². The van der Waals surface area contributed by atoms with Crippen LogP contribution in [-0.4, -0.2) is 12.5 Å². The third-order valence-electron chi connectivity index (χ3n) is 2.04. The number of benzene rings is 1. The van der Waals surface area contributed by atoms with Crippen molar-refractivity contribution in [3.05, 3.63) is 35.4 Å². The van der Waals surface area contributed by atoms with E-state index in [-0.39, 0.29) is 5.91 Å². The highest BCUT2D eigenvalue weighted by Crippen LogP contribution is 2.05. The van der Waals surface area contributed by atoms with E-state index in [2.05, 4.69) is 5.32 Å². The maximum absolute atomic E-state index is 10.7. The molecule has 0 saturated carbocycles. The van der Waals surface area contributed by atoms with Gasteiger partial charge in [-0.05, 0) is 18.1 Å². The summed E-state index contributed by atoms with van der Waals surface area (Å²) in [6, 6.07) is 8.05. The normalized spacial score (nSPS) is 10.0. The summed E-state index contributed by atoms with van der Waals surface area (Å²) in [7, 11) is 0. The first-order valence-corrected chi connectivity index (χ1v) is 5.12. The molecule has 15 heavy (non-hydrogen) atoms. The van der Waals surface area contributed by atoms with Crippen LogP contribution in [0.2, 0.25) is 0 Å². The molecule has 3 heteroatoms. The molecule has 0 aliphatic carbocycles. The first kappa shape index (κ1) is 11.7. The van der Waals surface area contributed by atoms with Gasteiger partial charge in [0.2, 0.25) is 5.91 Å². The second-order valence-corrected chi connectivity index (χ2v) is 3.36. The Morgan fingerprint density at radius 3 is 2.40 bits per heavy atom. The Labute approximate surface area is 90.4 Å². The van der Waals surface area contributed by atoms with Crippen LogP contribution in [-0.2, 0) is 22.7 Å². The largest absolute Gasteiger partial charge is 0.377 e. The van der Waals surface area contributed by atoms with Gasteiger partial charge in [-0.25, -0.2) is 0 Å². The van der Waals surface area contributed by atoms with Crippen LogP contribution in [0, 0.1) is 0 Å². The van der Waals surface area contributed by atoms with Gasteiger partial charge in [0.05, 0.1) is 6.61 Å². The van der Waals surface area contributed by atoms with E-state index in [1.165, 1.54) is 6.92 Å². The van der Waals surface area contributed by atoms with E-state index < -0.39 is 0 Å². The first-order chi connectivity index (χ1) is 7.22. The molecule has 0 radical (unpaired) electrons. The molecule has 0 heterocycles. The molecule has 1 amide bonds. The number of carbonyl (C=O) groups is 1. The minimum Gasteiger partial charge on any atom is -0.377 e. The topological polar surface area (TPSA) is 38.3 Å². The number of hydrogen-bond donors (Lipinski definition) is 1. The van der Waals surface area contributed by atoms with Gasteiger partial charge in [-0.2, -0.15) is 0 Å². The lowest BCUT2D eigenvalue weighted by Gasteiger charge is -2.04. The lowest BCUT2D eigenvalue weighted by molar-refractivity contribution is -0.119. The average molecular weight is 207 g/mol. The van der Waals surface area contributed by atoms with Crippen LogP contribution in [0.3, 0.4) is 0 Å². The lowest BCUT2D eigenvalue weighted by atomic mass is 10.1.